The van der Waals surface area contributed by atoms with Gasteiger partial charge in [-0.25, -0.2) is 0 Å². The average Bonchev–Trinajstić information content (AvgIpc) is 2.14. The molecule has 0 nitrogen and oxygen atoms in total. The molecule has 0 heterocycles. The van der Waals surface area contributed by atoms with Crippen LogP contribution in [0, 0.1) is 11.8 Å². The average molecular weight is 206 g/mol. The van der Waals surface area contributed by atoms with Crippen LogP contribution in [0.3, 0.4) is 0 Å². The highest BCUT2D eigenvalue weighted by Crippen LogP contribution is 2.40. The molecule has 1 aliphatic rings. The number of rotatable bonds is 3. The molecule has 1 fully saturated rings. The monoisotopic (exact) mass is 206 g/mol. The van der Waals surface area contributed by atoms with E-state index in [9.17, 15) is 13.2 Å². The van der Waals surface area contributed by atoms with Crippen LogP contribution in [-0.2, 0) is 0 Å². The van der Waals surface area contributed by atoms with E-state index in [2.05, 4.69) is 6.58 Å². The lowest BCUT2D eigenvalue weighted by Crippen LogP contribution is -2.27. The molecular weight excluding hydrogens is 189 g/mol. The molecule has 0 aromatic rings. The third kappa shape index (κ3) is 3.35. The van der Waals surface area contributed by atoms with E-state index in [1.165, 1.54) is 0 Å². The molecule has 14 heavy (non-hydrogen) atoms. The van der Waals surface area contributed by atoms with Gasteiger partial charge in [0.05, 0.1) is 5.92 Å². The Bertz CT molecular complexity index is 175. The maximum absolute atomic E-state index is 12.3. The Morgan fingerprint density at radius 1 is 1.14 bits per heavy atom. The third-order valence-electron chi connectivity index (χ3n) is 3.09. The van der Waals surface area contributed by atoms with Crippen molar-refractivity contribution in [3.8, 4) is 0 Å². The van der Waals surface area contributed by atoms with E-state index in [4.69, 9.17) is 0 Å². The maximum Gasteiger partial charge on any atom is 0.391 e. The zero-order valence-electron chi connectivity index (χ0n) is 8.32. The summed E-state index contributed by atoms with van der Waals surface area (Å²) in [5, 5.41) is 0. The molecule has 0 bridgehead atoms. The van der Waals surface area contributed by atoms with Gasteiger partial charge in [-0.1, -0.05) is 6.08 Å². The zero-order chi connectivity index (χ0) is 10.6. The second-order valence-corrected chi connectivity index (χ2v) is 4.13. The van der Waals surface area contributed by atoms with Crippen LogP contribution >= 0.6 is 0 Å². The van der Waals surface area contributed by atoms with Gasteiger partial charge < -0.3 is 0 Å². The van der Waals surface area contributed by atoms with Gasteiger partial charge in [-0.2, -0.15) is 13.2 Å². The molecule has 0 aromatic heterocycles. The van der Waals surface area contributed by atoms with Crippen molar-refractivity contribution in [1.29, 1.82) is 0 Å². The van der Waals surface area contributed by atoms with Gasteiger partial charge in [0.15, 0.2) is 0 Å². The molecule has 0 aliphatic heterocycles. The highest BCUT2D eigenvalue weighted by atomic mass is 19.4. The summed E-state index contributed by atoms with van der Waals surface area (Å²) in [6, 6.07) is 0. The number of allylic oxidation sites excluding steroid dienone is 1. The second-order valence-electron chi connectivity index (χ2n) is 4.13. The summed E-state index contributed by atoms with van der Waals surface area (Å²) < 4.78 is 36.9. The first-order valence-electron chi connectivity index (χ1n) is 5.21. The first-order chi connectivity index (χ1) is 6.54. The van der Waals surface area contributed by atoms with Crippen molar-refractivity contribution in [3.05, 3.63) is 12.7 Å². The van der Waals surface area contributed by atoms with Crippen molar-refractivity contribution in [1.82, 2.24) is 0 Å². The molecule has 3 heteroatoms. The highest BCUT2D eigenvalue weighted by molar-refractivity contribution is 4.78. The SMILES string of the molecule is C=CCCC1CCC(C(F)(F)F)CC1. The Labute approximate surface area is 83.2 Å². The third-order valence-corrected chi connectivity index (χ3v) is 3.09. The van der Waals surface area contributed by atoms with Crippen molar-refractivity contribution < 1.29 is 13.2 Å². The molecule has 82 valence electrons. The van der Waals surface area contributed by atoms with E-state index in [1.54, 1.807) is 0 Å². The first kappa shape index (κ1) is 11.6. The Kier molecular flexibility index (Phi) is 4.02. The lowest BCUT2D eigenvalue weighted by atomic mass is 9.80. The number of hydrogen-bond donors (Lipinski definition) is 0. The first-order valence-corrected chi connectivity index (χ1v) is 5.21. The molecule has 0 atom stereocenters. The van der Waals surface area contributed by atoms with Crippen LogP contribution in [0.25, 0.3) is 0 Å². The van der Waals surface area contributed by atoms with Crippen molar-refractivity contribution in [2.45, 2.75) is 44.7 Å². The summed E-state index contributed by atoms with van der Waals surface area (Å²) in [5.41, 5.74) is 0. The van der Waals surface area contributed by atoms with Crippen molar-refractivity contribution >= 4 is 0 Å². The Morgan fingerprint density at radius 3 is 2.14 bits per heavy atom. The normalized spacial score (nSPS) is 28.8. The van der Waals surface area contributed by atoms with Crippen LogP contribution in [0.5, 0.6) is 0 Å². The van der Waals surface area contributed by atoms with Crippen molar-refractivity contribution in [2.24, 2.45) is 11.8 Å². The van der Waals surface area contributed by atoms with E-state index in [0.29, 0.717) is 18.8 Å². The molecular formula is C11H17F3. The number of alkyl halides is 3. The minimum absolute atomic E-state index is 0.325. The molecule has 1 saturated carbocycles. The molecule has 0 amide bonds. The molecule has 1 rings (SSSR count). The van der Waals surface area contributed by atoms with E-state index in [-0.39, 0.29) is 0 Å². The fraction of sp³-hybridized carbons (Fsp3) is 0.818. The number of hydrogen-bond acceptors (Lipinski definition) is 0. The summed E-state index contributed by atoms with van der Waals surface area (Å²) in [7, 11) is 0. The van der Waals surface area contributed by atoms with E-state index < -0.39 is 12.1 Å². The fourth-order valence-electron chi connectivity index (χ4n) is 2.13. The summed E-state index contributed by atoms with van der Waals surface area (Å²) >= 11 is 0. The van der Waals surface area contributed by atoms with Crippen molar-refractivity contribution in [2.75, 3.05) is 0 Å². The molecule has 0 spiro atoms. The van der Waals surface area contributed by atoms with Gasteiger partial charge in [0.25, 0.3) is 0 Å². The van der Waals surface area contributed by atoms with Crippen LogP contribution in [0.1, 0.15) is 38.5 Å². The summed E-state index contributed by atoms with van der Waals surface area (Å²) in [6.07, 6.45) is 1.93. The highest BCUT2D eigenvalue weighted by Gasteiger charge is 2.41. The van der Waals surface area contributed by atoms with Crippen molar-refractivity contribution in [3.63, 3.8) is 0 Å². The topological polar surface area (TPSA) is 0 Å². The van der Waals surface area contributed by atoms with E-state index in [0.717, 1.165) is 25.7 Å². The summed E-state index contributed by atoms with van der Waals surface area (Å²) in [6.45, 7) is 3.62. The van der Waals surface area contributed by atoms with E-state index in [1.807, 2.05) is 6.08 Å². The van der Waals surface area contributed by atoms with Gasteiger partial charge in [-0.05, 0) is 44.4 Å². The Hall–Kier alpha value is -0.470. The van der Waals surface area contributed by atoms with E-state index >= 15 is 0 Å². The quantitative estimate of drug-likeness (QED) is 0.603. The maximum atomic E-state index is 12.3. The van der Waals surface area contributed by atoms with Crippen LogP contribution in [0.2, 0.25) is 0 Å². The molecule has 0 unspecified atom stereocenters. The molecule has 0 aromatic carbocycles. The fourth-order valence-corrected chi connectivity index (χ4v) is 2.13. The molecule has 0 saturated heterocycles. The van der Waals surface area contributed by atoms with Gasteiger partial charge in [0, 0.05) is 0 Å². The van der Waals surface area contributed by atoms with Gasteiger partial charge in [-0.3, -0.25) is 0 Å². The Morgan fingerprint density at radius 2 is 1.71 bits per heavy atom. The smallest absolute Gasteiger partial charge is 0.171 e. The van der Waals surface area contributed by atoms with Crippen LogP contribution < -0.4 is 0 Å². The van der Waals surface area contributed by atoms with Crippen LogP contribution in [-0.4, -0.2) is 6.18 Å². The summed E-state index contributed by atoms with van der Waals surface area (Å²) in [4.78, 5) is 0. The van der Waals surface area contributed by atoms with Gasteiger partial charge in [-0.15, -0.1) is 6.58 Å². The largest absolute Gasteiger partial charge is 0.391 e. The lowest BCUT2D eigenvalue weighted by Gasteiger charge is -2.29. The van der Waals surface area contributed by atoms with Gasteiger partial charge >= 0.3 is 6.18 Å². The predicted molar refractivity (Wildman–Crippen MR) is 50.9 cm³/mol. The minimum atomic E-state index is -3.97. The molecule has 1 aliphatic carbocycles. The summed E-state index contributed by atoms with van der Waals surface area (Å²) in [5.74, 6) is -0.547. The Balaban J connectivity index is 2.27. The molecule has 0 radical (unpaired) electrons. The van der Waals surface area contributed by atoms with Crippen LogP contribution in [0.4, 0.5) is 13.2 Å². The minimum Gasteiger partial charge on any atom is -0.171 e. The second kappa shape index (κ2) is 4.85. The zero-order valence-corrected chi connectivity index (χ0v) is 8.32. The van der Waals surface area contributed by atoms with Gasteiger partial charge in [0.2, 0.25) is 0 Å². The number of halogens is 3. The standard InChI is InChI=1S/C11H17F3/c1-2-3-4-9-5-7-10(8-6-9)11(12,13)14/h2,9-10H,1,3-8H2. The van der Waals surface area contributed by atoms with Gasteiger partial charge in [0.1, 0.15) is 0 Å². The van der Waals surface area contributed by atoms with Crippen LogP contribution in [0.15, 0.2) is 12.7 Å². The predicted octanol–water partition coefficient (Wildman–Crippen LogP) is 4.32. The lowest BCUT2D eigenvalue weighted by molar-refractivity contribution is -0.184. The molecule has 0 N–H and O–H groups in total.